The van der Waals surface area contributed by atoms with Gasteiger partial charge in [0.1, 0.15) is 0 Å². The van der Waals surface area contributed by atoms with Crippen LogP contribution in [0.25, 0.3) is 0 Å². The maximum atomic E-state index is 12.9. The van der Waals surface area contributed by atoms with Gasteiger partial charge in [-0.2, -0.15) is 0 Å². The molecular weight excluding hydrogens is 380 g/mol. The highest BCUT2D eigenvalue weighted by Gasteiger charge is 2.43. The van der Waals surface area contributed by atoms with Crippen molar-refractivity contribution in [3.05, 3.63) is 60.2 Å². The molecule has 2 aromatic carbocycles. The summed E-state index contributed by atoms with van der Waals surface area (Å²) in [5, 5.41) is 8.83. The summed E-state index contributed by atoms with van der Waals surface area (Å²) in [4.78, 5) is 38.7. The first-order valence-corrected chi connectivity index (χ1v) is 10.3. The first kappa shape index (κ1) is 19.9. The summed E-state index contributed by atoms with van der Waals surface area (Å²) in [5.41, 5.74) is 1.94. The molecule has 2 bridgehead atoms. The molecule has 2 saturated heterocycles. The lowest BCUT2D eigenvalue weighted by molar-refractivity contribution is 0.101. The largest absolute Gasteiger partial charge is 0.335 e. The Balaban J connectivity index is 1.34. The summed E-state index contributed by atoms with van der Waals surface area (Å²) in [7, 11) is 0. The van der Waals surface area contributed by atoms with Gasteiger partial charge in [0.2, 0.25) is 0 Å². The number of anilines is 2. The second-order valence-electron chi connectivity index (χ2n) is 7.99. The number of ketones is 1. The molecule has 7 nitrogen and oxygen atoms in total. The summed E-state index contributed by atoms with van der Waals surface area (Å²) in [6.45, 7) is 1.51. The molecule has 0 aromatic heterocycles. The molecule has 0 saturated carbocycles. The smallest absolute Gasteiger partial charge is 0.322 e. The minimum atomic E-state index is -0.218. The highest BCUT2D eigenvalue weighted by molar-refractivity contribution is 5.97. The lowest BCUT2D eigenvalue weighted by Gasteiger charge is -2.39. The Morgan fingerprint density at radius 2 is 1.53 bits per heavy atom. The molecule has 4 amide bonds. The highest BCUT2D eigenvalue weighted by Crippen LogP contribution is 2.36. The molecule has 4 rings (SSSR count). The van der Waals surface area contributed by atoms with Crippen LogP contribution in [0.1, 0.15) is 43.0 Å². The highest BCUT2D eigenvalue weighted by atomic mass is 16.2. The van der Waals surface area contributed by atoms with Crippen LogP contribution >= 0.6 is 0 Å². The Morgan fingerprint density at radius 1 is 0.867 bits per heavy atom. The summed E-state index contributed by atoms with van der Waals surface area (Å²) in [6, 6.07) is 16.2. The Morgan fingerprint density at radius 3 is 2.20 bits per heavy atom. The summed E-state index contributed by atoms with van der Waals surface area (Å²) < 4.78 is 0. The number of piperidine rings is 1. The zero-order chi connectivity index (χ0) is 21.1. The van der Waals surface area contributed by atoms with E-state index in [-0.39, 0.29) is 36.0 Å². The van der Waals surface area contributed by atoms with Crippen molar-refractivity contribution in [2.75, 3.05) is 10.6 Å². The van der Waals surface area contributed by atoms with Crippen LogP contribution in [0.4, 0.5) is 21.0 Å². The Labute approximate surface area is 175 Å². The molecule has 30 heavy (non-hydrogen) atoms. The van der Waals surface area contributed by atoms with E-state index in [0.29, 0.717) is 11.3 Å². The molecular formula is C23H26N4O3. The minimum Gasteiger partial charge on any atom is -0.335 e. The van der Waals surface area contributed by atoms with Crippen LogP contribution in [0.5, 0.6) is 0 Å². The maximum absolute atomic E-state index is 12.9. The molecule has 2 fully saturated rings. The average molecular weight is 406 g/mol. The number of carbonyl (C=O) groups excluding carboxylic acids is 3. The summed E-state index contributed by atoms with van der Waals surface area (Å²) in [6.07, 6.45) is 3.34. The molecule has 2 heterocycles. The second kappa shape index (κ2) is 8.57. The van der Waals surface area contributed by atoms with Crippen molar-refractivity contribution in [1.29, 1.82) is 0 Å². The number of Topliss-reactive ketones (excluding diaryl/α,β-unsaturated/α-hetero) is 1. The van der Waals surface area contributed by atoms with Crippen molar-refractivity contribution in [2.24, 2.45) is 0 Å². The zero-order valence-corrected chi connectivity index (χ0v) is 16.9. The van der Waals surface area contributed by atoms with E-state index < -0.39 is 0 Å². The number of benzene rings is 2. The Kier molecular flexibility index (Phi) is 5.70. The monoisotopic (exact) mass is 406 g/mol. The van der Waals surface area contributed by atoms with E-state index in [1.165, 1.54) is 6.92 Å². The van der Waals surface area contributed by atoms with E-state index in [0.717, 1.165) is 31.4 Å². The van der Waals surface area contributed by atoms with Gasteiger partial charge in [0, 0.05) is 35.1 Å². The number of fused-ring (bicyclic) bond motifs is 2. The van der Waals surface area contributed by atoms with Gasteiger partial charge >= 0.3 is 12.1 Å². The number of urea groups is 2. The number of hydrogen-bond donors (Lipinski definition) is 3. The molecule has 2 aliphatic rings. The third kappa shape index (κ3) is 4.45. The molecule has 2 aliphatic heterocycles. The van der Waals surface area contributed by atoms with E-state index in [2.05, 4.69) is 16.0 Å². The molecule has 156 valence electrons. The topological polar surface area (TPSA) is 90.5 Å². The molecule has 0 aliphatic carbocycles. The van der Waals surface area contributed by atoms with Crippen molar-refractivity contribution in [1.82, 2.24) is 10.2 Å². The zero-order valence-electron chi connectivity index (χ0n) is 16.9. The van der Waals surface area contributed by atoms with Gasteiger partial charge in [0.05, 0.1) is 0 Å². The number of rotatable bonds is 4. The fourth-order valence-corrected chi connectivity index (χ4v) is 4.50. The first-order valence-electron chi connectivity index (χ1n) is 10.3. The van der Waals surface area contributed by atoms with Gasteiger partial charge in [0.25, 0.3) is 0 Å². The van der Waals surface area contributed by atoms with Crippen LogP contribution in [0.2, 0.25) is 0 Å². The van der Waals surface area contributed by atoms with E-state index in [1.807, 2.05) is 35.2 Å². The van der Waals surface area contributed by atoms with Gasteiger partial charge in [-0.15, -0.1) is 0 Å². The molecule has 7 heteroatoms. The summed E-state index contributed by atoms with van der Waals surface area (Å²) >= 11 is 0. The predicted octanol–water partition coefficient (Wildman–Crippen LogP) is 4.24. The van der Waals surface area contributed by atoms with Crippen LogP contribution in [0.15, 0.2) is 54.6 Å². The number of hydrogen-bond acceptors (Lipinski definition) is 3. The normalized spacial score (nSPS) is 22.3. The van der Waals surface area contributed by atoms with Crippen molar-refractivity contribution in [3.8, 4) is 0 Å². The van der Waals surface area contributed by atoms with Gasteiger partial charge < -0.3 is 20.9 Å². The number of amides is 4. The van der Waals surface area contributed by atoms with Crippen LogP contribution < -0.4 is 16.0 Å². The van der Waals surface area contributed by atoms with E-state index in [1.54, 1.807) is 24.3 Å². The first-order chi connectivity index (χ1) is 14.5. The summed E-state index contributed by atoms with van der Waals surface area (Å²) in [5.74, 6) is -0.0353. The van der Waals surface area contributed by atoms with Crippen LogP contribution in [0, 0.1) is 0 Å². The van der Waals surface area contributed by atoms with Gasteiger partial charge in [0.15, 0.2) is 5.78 Å². The van der Waals surface area contributed by atoms with Crippen LogP contribution in [-0.4, -0.2) is 40.9 Å². The van der Waals surface area contributed by atoms with Crippen molar-refractivity contribution < 1.29 is 14.4 Å². The second-order valence-corrected chi connectivity index (χ2v) is 7.99. The fourth-order valence-electron chi connectivity index (χ4n) is 4.50. The van der Waals surface area contributed by atoms with Crippen molar-refractivity contribution >= 4 is 29.2 Å². The van der Waals surface area contributed by atoms with Gasteiger partial charge in [-0.1, -0.05) is 30.3 Å². The van der Waals surface area contributed by atoms with E-state index in [4.69, 9.17) is 0 Å². The quantitative estimate of drug-likeness (QED) is 0.664. The Bertz CT molecular complexity index is 932. The van der Waals surface area contributed by atoms with Gasteiger partial charge in [-0.25, -0.2) is 9.59 Å². The standard InChI is InChI=1S/C23H26N4O3/c1-15(28)16-6-5-9-18(12-16)26-23(30)27-20-10-11-21(27)14-19(13-20)25-22(29)24-17-7-3-2-4-8-17/h2-9,12,19-21H,10-11,13-14H2,1H3,(H,26,30)(H2,24,25,29)/t20-,21-/m0/s1. The Hall–Kier alpha value is -3.35. The number of para-hydroxylation sites is 1. The third-order valence-electron chi connectivity index (χ3n) is 5.85. The molecule has 2 aromatic rings. The minimum absolute atomic E-state index is 0.0353. The lowest BCUT2D eigenvalue weighted by atomic mass is 9.98. The average Bonchev–Trinajstić information content (AvgIpc) is 3.00. The fraction of sp³-hybridized carbons (Fsp3) is 0.348. The molecule has 3 N–H and O–H groups in total. The van der Waals surface area contributed by atoms with Gasteiger partial charge in [-0.3, -0.25) is 4.79 Å². The number of nitrogens with one attached hydrogen (secondary N) is 3. The SMILES string of the molecule is CC(=O)c1cccc(NC(=O)N2[C@H]3CC[C@H]2CC(NC(=O)Nc2ccccc2)C3)c1. The maximum Gasteiger partial charge on any atom is 0.322 e. The van der Waals surface area contributed by atoms with Crippen LogP contribution in [-0.2, 0) is 0 Å². The van der Waals surface area contributed by atoms with Crippen molar-refractivity contribution in [3.63, 3.8) is 0 Å². The van der Waals surface area contributed by atoms with E-state index in [9.17, 15) is 14.4 Å². The molecule has 0 unspecified atom stereocenters. The lowest BCUT2D eigenvalue weighted by Crippen LogP contribution is -2.54. The molecule has 2 atom stereocenters. The van der Waals surface area contributed by atoms with E-state index >= 15 is 0 Å². The number of carbonyl (C=O) groups is 3. The van der Waals surface area contributed by atoms with Crippen molar-refractivity contribution in [2.45, 2.75) is 50.7 Å². The third-order valence-corrected chi connectivity index (χ3v) is 5.85. The molecule has 0 spiro atoms. The van der Waals surface area contributed by atoms with Gasteiger partial charge in [-0.05, 0) is 56.9 Å². The molecule has 0 radical (unpaired) electrons. The van der Waals surface area contributed by atoms with Crippen LogP contribution in [0.3, 0.4) is 0 Å². The predicted molar refractivity (Wildman–Crippen MR) is 116 cm³/mol. The number of nitrogens with zero attached hydrogens (tertiary/aromatic N) is 1.